The lowest BCUT2D eigenvalue weighted by Gasteiger charge is -2.18. The Kier molecular flexibility index (Phi) is 11.7. The van der Waals surface area contributed by atoms with E-state index in [2.05, 4.69) is 16.0 Å². The van der Waals surface area contributed by atoms with E-state index in [-0.39, 0.29) is 18.6 Å². The van der Waals surface area contributed by atoms with Crippen molar-refractivity contribution in [3.8, 4) is 0 Å². The highest BCUT2D eigenvalue weighted by Gasteiger charge is 2.23. The van der Waals surface area contributed by atoms with Crippen molar-refractivity contribution in [3.63, 3.8) is 0 Å². The molecule has 0 unspecified atom stereocenters. The maximum atomic E-state index is 12.2. The van der Waals surface area contributed by atoms with Crippen LogP contribution >= 0.6 is 11.8 Å². The Morgan fingerprint density at radius 1 is 1.03 bits per heavy atom. The SMILES string of the molecule is N[C@@H](CCC(=O)N[C@@H](CSC(=O)NCCc1ccccc1)C(=O)NCC(=O)O)C(=O)O. The standard InChI is InChI=1S/C19H26N4O7S/c20-13(18(28)29)6-7-15(24)23-14(17(27)22-10-16(25)26)11-31-19(30)21-9-8-12-4-2-1-3-5-12/h1-5,13-14H,6-11,20H2,(H,21,30)(H,22,27)(H,23,24)(H,25,26)(H,28,29)/t13-,14-/m0/s1. The number of benzene rings is 1. The largest absolute Gasteiger partial charge is 0.480 e. The quantitative estimate of drug-likeness (QED) is 0.229. The Morgan fingerprint density at radius 3 is 2.32 bits per heavy atom. The number of carboxylic acid groups (broad SMARTS) is 2. The molecular weight excluding hydrogens is 428 g/mol. The van der Waals surface area contributed by atoms with E-state index in [1.165, 1.54) is 0 Å². The molecule has 0 radical (unpaired) electrons. The summed E-state index contributed by atoms with van der Waals surface area (Å²) in [5, 5.41) is 24.2. The van der Waals surface area contributed by atoms with Gasteiger partial charge in [-0.05, 0) is 18.4 Å². The van der Waals surface area contributed by atoms with Crippen LogP contribution in [0.15, 0.2) is 30.3 Å². The van der Waals surface area contributed by atoms with E-state index in [1.807, 2.05) is 30.3 Å². The molecule has 0 aliphatic rings. The number of nitrogens with two attached hydrogens (primary N) is 1. The second-order valence-electron chi connectivity index (χ2n) is 6.48. The molecule has 0 fully saturated rings. The predicted molar refractivity (Wildman–Crippen MR) is 113 cm³/mol. The van der Waals surface area contributed by atoms with Gasteiger partial charge in [-0.3, -0.25) is 24.0 Å². The van der Waals surface area contributed by atoms with Crippen molar-refractivity contribution in [2.75, 3.05) is 18.8 Å². The summed E-state index contributed by atoms with van der Waals surface area (Å²) in [5.74, 6) is -4.08. The number of carboxylic acids is 2. The van der Waals surface area contributed by atoms with E-state index in [0.29, 0.717) is 13.0 Å². The van der Waals surface area contributed by atoms with Gasteiger partial charge in [0.15, 0.2) is 0 Å². The van der Waals surface area contributed by atoms with Crippen LogP contribution in [0.2, 0.25) is 0 Å². The third-order valence-electron chi connectivity index (χ3n) is 3.97. The van der Waals surface area contributed by atoms with Gasteiger partial charge in [0.1, 0.15) is 18.6 Å². The monoisotopic (exact) mass is 454 g/mol. The zero-order chi connectivity index (χ0) is 23.2. The van der Waals surface area contributed by atoms with Gasteiger partial charge in [-0.2, -0.15) is 0 Å². The molecule has 170 valence electrons. The highest BCUT2D eigenvalue weighted by molar-refractivity contribution is 8.13. The Hall–Kier alpha value is -3.12. The fourth-order valence-electron chi connectivity index (χ4n) is 2.31. The molecule has 1 aromatic rings. The van der Waals surface area contributed by atoms with Crippen LogP contribution in [-0.2, 0) is 25.6 Å². The lowest BCUT2D eigenvalue weighted by Crippen LogP contribution is -2.49. The van der Waals surface area contributed by atoms with E-state index >= 15 is 0 Å². The molecule has 11 nitrogen and oxygen atoms in total. The van der Waals surface area contributed by atoms with E-state index < -0.39 is 47.6 Å². The number of hydrogen-bond donors (Lipinski definition) is 6. The molecule has 3 amide bonds. The van der Waals surface area contributed by atoms with Crippen molar-refractivity contribution < 1.29 is 34.2 Å². The summed E-state index contributed by atoms with van der Waals surface area (Å²) < 4.78 is 0. The van der Waals surface area contributed by atoms with Crippen molar-refractivity contribution in [1.82, 2.24) is 16.0 Å². The highest BCUT2D eigenvalue weighted by atomic mass is 32.2. The maximum absolute atomic E-state index is 12.2. The minimum absolute atomic E-state index is 0.140. The molecule has 0 spiro atoms. The average molecular weight is 455 g/mol. The van der Waals surface area contributed by atoms with Gasteiger partial charge >= 0.3 is 11.9 Å². The minimum atomic E-state index is -1.27. The molecule has 0 bridgehead atoms. The summed E-state index contributed by atoms with van der Waals surface area (Å²) in [6.45, 7) is -0.270. The van der Waals surface area contributed by atoms with Gasteiger partial charge in [0.05, 0.1) is 0 Å². The highest BCUT2D eigenvalue weighted by Crippen LogP contribution is 2.07. The topological polar surface area (TPSA) is 188 Å². The van der Waals surface area contributed by atoms with Crippen molar-refractivity contribution in [3.05, 3.63) is 35.9 Å². The Labute approximate surface area is 183 Å². The number of carbonyl (C=O) groups is 5. The molecule has 1 aromatic carbocycles. The molecule has 2 atom stereocenters. The number of carbonyl (C=O) groups excluding carboxylic acids is 3. The predicted octanol–water partition coefficient (Wildman–Crippen LogP) is -0.450. The first-order valence-electron chi connectivity index (χ1n) is 9.40. The first-order valence-corrected chi connectivity index (χ1v) is 10.4. The van der Waals surface area contributed by atoms with Gasteiger partial charge in [0.25, 0.3) is 5.24 Å². The van der Waals surface area contributed by atoms with Crippen LogP contribution in [0, 0.1) is 0 Å². The number of amides is 3. The Morgan fingerprint density at radius 2 is 1.71 bits per heavy atom. The molecule has 0 saturated heterocycles. The number of hydrogen-bond acceptors (Lipinski definition) is 7. The summed E-state index contributed by atoms with van der Waals surface area (Å²) >= 11 is 0.762. The van der Waals surface area contributed by atoms with Crippen molar-refractivity contribution in [2.45, 2.75) is 31.3 Å². The van der Waals surface area contributed by atoms with E-state index in [1.54, 1.807) is 0 Å². The van der Waals surface area contributed by atoms with Gasteiger partial charge in [-0.25, -0.2) is 0 Å². The molecule has 31 heavy (non-hydrogen) atoms. The number of aliphatic carboxylic acids is 2. The van der Waals surface area contributed by atoms with Crippen LogP contribution in [0.3, 0.4) is 0 Å². The summed E-state index contributed by atoms with van der Waals surface area (Å²) in [6.07, 6.45) is 0.234. The minimum Gasteiger partial charge on any atom is -0.480 e. The molecule has 0 aromatic heterocycles. The van der Waals surface area contributed by atoms with Crippen molar-refractivity contribution in [2.24, 2.45) is 5.73 Å². The zero-order valence-electron chi connectivity index (χ0n) is 16.7. The number of nitrogens with one attached hydrogen (secondary N) is 3. The normalized spacial score (nSPS) is 12.3. The Balaban J connectivity index is 2.53. The molecule has 0 aliphatic heterocycles. The van der Waals surface area contributed by atoms with Crippen LogP contribution < -0.4 is 21.7 Å². The summed E-state index contributed by atoms with van der Waals surface area (Å²) in [4.78, 5) is 57.6. The molecule has 0 aliphatic carbocycles. The van der Waals surface area contributed by atoms with Gasteiger partial charge in [-0.1, -0.05) is 42.1 Å². The Bertz CT molecular complexity index is 776. The van der Waals surface area contributed by atoms with Crippen LogP contribution in [0.1, 0.15) is 18.4 Å². The van der Waals surface area contributed by atoms with Gasteiger partial charge in [-0.15, -0.1) is 0 Å². The van der Waals surface area contributed by atoms with Crippen LogP contribution in [0.4, 0.5) is 4.79 Å². The average Bonchev–Trinajstić information content (AvgIpc) is 2.73. The summed E-state index contributed by atoms with van der Waals surface area (Å²) in [5.41, 5.74) is 6.39. The lowest BCUT2D eigenvalue weighted by atomic mass is 10.1. The van der Waals surface area contributed by atoms with Gasteiger partial charge in [0.2, 0.25) is 11.8 Å². The second-order valence-corrected chi connectivity index (χ2v) is 7.47. The van der Waals surface area contributed by atoms with E-state index in [0.717, 1.165) is 17.3 Å². The van der Waals surface area contributed by atoms with Crippen molar-refractivity contribution in [1.29, 1.82) is 0 Å². The van der Waals surface area contributed by atoms with Crippen LogP contribution in [0.5, 0.6) is 0 Å². The molecule has 1 rings (SSSR count). The molecule has 12 heteroatoms. The number of rotatable bonds is 13. The van der Waals surface area contributed by atoms with Crippen LogP contribution in [0.25, 0.3) is 0 Å². The maximum Gasteiger partial charge on any atom is 0.322 e. The first kappa shape index (κ1) is 25.9. The van der Waals surface area contributed by atoms with E-state index in [9.17, 15) is 24.0 Å². The molecule has 7 N–H and O–H groups in total. The molecule has 0 saturated carbocycles. The molecular formula is C19H26N4O7S. The lowest BCUT2D eigenvalue weighted by molar-refractivity contribution is -0.139. The third-order valence-corrected chi connectivity index (χ3v) is 4.88. The third kappa shape index (κ3) is 11.6. The molecule has 0 heterocycles. The van der Waals surface area contributed by atoms with Crippen molar-refractivity contribution >= 4 is 40.8 Å². The second kappa shape index (κ2) is 14.0. The van der Waals surface area contributed by atoms with E-state index in [4.69, 9.17) is 15.9 Å². The summed E-state index contributed by atoms with van der Waals surface area (Å²) in [6, 6.07) is 7.10. The first-order chi connectivity index (χ1) is 14.7. The fraction of sp³-hybridized carbons (Fsp3) is 0.421. The van der Waals surface area contributed by atoms with Crippen LogP contribution in [-0.4, -0.2) is 70.1 Å². The smallest absolute Gasteiger partial charge is 0.322 e. The van der Waals surface area contributed by atoms with Gasteiger partial charge in [0, 0.05) is 18.7 Å². The summed E-state index contributed by atoms with van der Waals surface area (Å²) in [7, 11) is 0. The zero-order valence-corrected chi connectivity index (χ0v) is 17.5. The fourth-order valence-corrected chi connectivity index (χ4v) is 3.07. The number of thioether (sulfide) groups is 1. The van der Waals surface area contributed by atoms with Gasteiger partial charge < -0.3 is 31.9 Å².